The monoisotopic (exact) mass is 274 g/mol. The molecule has 0 unspecified atom stereocenters. The Balaban J connectivity index is 2.05. The first-order valence-corrected chi connectivity index (χ1v) is 7.35. The summed E-state index contributed by atoms with van der Waals surface area (Å²) in [5, 5.41) is 0. The van der Waals surface area contributed by atoms with E-state index < -0.39 is 0 Å². The highest BCUT2D eigenvalue weighted by atomic mass is 16.2. The number of rotatable bonds is 4. The van der Waals surface area contributed by atoms with Crippen molar-refractivity contribution >= 4 is 11.7 Å². The molecule has 1 amide bonds. The number of nitrogens with zero attached hydrogens (tertiary/aromatic N) is 2. The molecule has 2 rings (SSSR count). The van der Waals surface area contributed by atoms with Crippen LogP contribution < -0.4 is 0 Å². The van der Waals surface area contributed by atoms with Gasteiger partial charge in [-0.3, -0.25) is 14.6 Å². The van der Waals surface area contributed by atoms with Crippen LogP contribution in [0.3, 0.4) is 0 Å². The van der Waals surface area contributed by atoms with E-state index in [0.29, 0.717) is 19.4 Å². The maximum Gasteiger partial charge on any atom is 0.227 e. The second kappa shape index (κ2) is 6.64. The smallest absolute Gasteiger partial charge is 0.227 e. The van der Waals surface area contributed by atoms with Crippen LogP contribution in [-0.2, 0) is 16.0 Å². The van der Waals surface area contributed by atoms with Gasteiger partial charge in [0.1, 0.15) is 0 Å². The van der Waals surface area contributed by atoms with Crippen molar-refractivity contribution in [2.24, 2.45) is 0 Å². The van der Waals surface area contributed by atoms with Crippen molar-refractivity contribution in [3.63, 3.8) is 0 Å². The van der Waals surface area contributed by atoms with Crippen molar-refractivity contribution < 1.29 is 9.59 Å². The van der Waals surface area contributed by atoms with Crippen LogP contribution in [0.2, 0.25) is 0 Å². The number of ketones is 1. The van der Waals surface area contributed by atoms with Gasteiger partial charge in [-0.2, -0.15) is 0 Å². The maximum atomic E-state index is 12.4. The van der Waals surface area contributed by atoms with Crippen LogP contribution in [0.4, 0.5) is 0 Å². The molecule has 2 heterocycles. The van der Waals surface area contributed by atoms with Gasteiger partial charge in [0, 0.05) is 24.9 Å². The zero-order valence-electron chi connectivity index (χ0n) is 12.3. The van der Waals surface area contributed by atoms with E-state index in [9.17, 15) is 9.59 Å². The minimum atomic E-state index is -0.209. The minimum Gasteiger partial charge on any atom is -0.332 e. The summed E-state index contributed by atoms with van der Waals surface area (Å²) in [5.74, 6) is 0.224. The van der Waals surface area contributed by atoms with Crippen molar-refractivity contribution in [1.29, 1.82) is 0 Å². The maximum absolute atomic E-state index is 12.4. The van der Waals surface area contributed by atoms with Crippen LogP contribution in [0.1, 0.15) is 43.9 Å². The Morgan fingerprint density at radius 2 is 2.15 bits per heavy atom. The molecule has 1 aromatic rings. The first kappa shape index (κ1) is 14.7. The van der Waals surface area contributed by atoms with Crippen LogP contribution in [0.15, 0.2) is 18.3 Å². The number of pyridine rings is 1. The average molecular weight is 274 g/mol. The second-order valence-corrected chi connectivity index (χ2v) is 5.40. The number of hydrogen-bond donors (Lipinski definition) is 0. The fourth-order valence-corrected chi connectivity index (χ4v) is 2.68. The van der Waals surface area contributed by atoms with E-state index in [1.807, 2.05) is 26.0 Å². The molecular formula is C16H22N2O2. The minimum absolute atomic E-state index is 0.0437. The van der Waals surface area contributed by atoms with Crippen molar-refractivity contribution in [3.05, 3.63) is 29.6 Å². The predicted octanol–water partition coefficient (Wildman–Crippen LogP) is 2.29. The Morgan fingerprint density at radius 1 is 1.35 bits per heavy atom. The van der Waals surface area contributed by atoms with Crippen molar-refractivity contribution in [2.45, 2.75) is 52.0 Å². The molecule has 4 nitrogen and oxygen atoms in total. The molecule has 0 N–H and O–H groups in total. The van der Waals surface area contributed by atoms with Crippen LogP contribution in [0.25, 0.3) is 0 Å². The average Bonchev–Trinajstić information content (AvgIpc) is 2.48. The molecule has 0 aromatic carbocycles. The van der Waals surface area contributed by atoms with Crippen LogP contribution in [0.5, 0.6) is 0 Å². The molecule has 1 aliphatic rings. The zero-order chi connectivity index (χ0) is 14.5. The van der Waals surface area contributed by atoms with Crippen LogP contribution in [0, 0.1) is 6.92 Å². The summed E-state index contributed by atoms with van der Waals surface area (Å²) < 4.78 is 0. The summed E-state index contributed by atoms with van der Waals surface area (Å²) in [6.07, 6.45) is 5.41. The Kier molecular flexibility index (Phi) is 4.88. The fourth-order valence-electron chi connectivity index (χ4n) is 2.68. The topological polar surface area (TPSA) is 50.3 Å². The zero-order valence-corrected chi connectivity index (χ0v) is 12.3. The lowest BCUT2D eigenvalue weighted by molar-refractivity contribution is -0.140. The molecule has 108 valence electrons. The second-order valence-electron chi connectivity index (χ2n) is 5.40. The molecule has 0 bridgehead atoms. The Labute approximate surface area is 120 Å². The third kappa shape index (κ3) is 3.44. The molecule has 0 saturated carbocycles. The Bertz CT molecular complexity index is 482. The van der Waals surface area contributed by atoms with Crippen molar-refractivity contribution in [3.8, 4) is 0 Å². The van der Waals surface area contributed by atoms with Crippen molar-refractivity contribution in [1.82, 2.24) is 9.88 Å². The molecule has 0 radical (unpaired) electrons. The molecule has 0 aliphatic carbocycles. The largest absolute Gasteiger partial charge is 0.332 e. The summed E-state index contributed by atoms with van der Waals surface area (Å²) in [5.41, 5.74) is 1.85. The summed E-state index contributed by atoms with van der Waals surface area (Å²) >= 11 is 0. The number of aryl methyl sites for hydroxylation is 1. The van der Waals surface area contributed by atoms with E-state index in [0.717, 1.165) is 30.5 Å². The van der Waals surface area contributed by atoms with Gasteiger partial charge in [-0.15, -0.1) is 0 Å². The highest BCUT2D eigenvalue weighted by molar-refractivity contribution is 5.89. The molecule has 20 heavy (non-hydrogen) atoms. The first-order valence-electron chi connectivity index (χ1n) is 7.35. The van der Waals surface area contributed by atoms with Gasteiger partial charge in [-0.05, 0) is 37.8 Å². The molecule has 1 atom stereocenters. The SMILES string of the molecule is CCC(=O)[C@@H]1CCCCN1C(=O)Cc1ccc(C)nc1. The third-order valence-corrected chi connectivity index (χ3v) is 3.87. The predicted molar refractivity (Wildman–Crippen MR) is 77.3 cm³/mol. The molecule has 1 aliphatic heterocycles. The number of likely N-dealkylation sites (tertiary alicyclic amines) is 1. The summed E-state index contributed by atoms with van der Waals surface area (Å²) in [7, 11) is 0. The van der Waals surface area contributed by atoms with Gasteiger partial charge < -0.3 is 4.90 Å². The van der Waals surface area contributed by atoms with E-state index in [4.69, 9.17) is 0 Å². The molecule has 1 saturated heterocycles. The van der Waals surface area contributed by atoms with E-state index in [-0.39, 0.29) is 17.7 Å². The van der Waals surface area contributed by atoms with Gasteiger partial charge in [0.15, 0.2) is 5.78 Å². The number of carbonyl (C=O) groups excluding carboxylic acids is 2. The summed E-state index contributed by atoms with van der Waals surface area (Å²) in [4.78, 5) is 30.4. The number of hydrogen-bond acceptors (Lipinski definition) is 3. The summed E-state index contributed by atoms with van der Waals surface area (Å²) in [6, 6.07) is 3.63. The van der Waals surface area contributed by atoms with Crippen molar-refractivity contribution in [2.75, 3.05) is 6.54 Å². The third-order valence-electron chi connectivity index (χ3n) is 3.87. The molecule has 1 fully saturated rings. The van der Waals surface area contributed by atoms with E-state index in [2.05, 4.69) is 4.98 Å². The fraction of sp³-hybridized carbons (Fsp3) is 0.562. The van der Waals surface area contributed by atoms with Gasteiger partial charge in [0.05, 0.1) is 12.5 Å². The highest BCUT2D eigenvalue weighted by Crippen LogP contribution is 2.20. The van der Waals surface area contributed by atoms with Gasteiger partial charge in [0.2, 0.25) is 5.91 Å². The number of piperidine rings is 1. The van der Waals surface area contributed by atoms with Crippen LogP contribution >= 0.6 is 0 Å². The molecular weight excluding hydrogens is 252 g/mol. The van der Waals surface area contributed by atoms with Crippen LogP contribution in [-0.4, -0.2) is 34.2 Å². The van der Waals surface area contributed by atoms with Gasteiger partial charge >= 0.3 is 0 Å². The normalized spacial score (nSPS) is 18.9. The van der Waals surface area contributed by atoms with E-state index in [1.165, 1.54) is 0 Å². The number of Topliss-reactive ketones (excluding diaryl/α,β-unsaturated/α-hetero) is 1. The summed E-state index contributed by atoms with van der Waals surface area (Å²) in [6.45, 7) is 4.49. The number of aromatic nitrogens is 1. The highest BCUT2D eigenvalue weighted by Gasteiger charge is 2.30. The standard InChI is InChI=1S/C16H22N2O2/c1-3-15(19)14-6-4-5-9-18(14)16(20)10-13-8-7-12(2)17-11-13/h7-8,11,14H,3-6,9-10H2,1-2H3/t14-/m0/s1. The van der Waals surface area contributed by atoms with Gasteiger partial charge in [-0.25, -0.2) is 0 Å². The lowest BCUT2D eigenvalue weighted by Gasteiger charge is -2.34. The first-order chi connectivity index (χ1) is 9.61. The number of carbonyl (C=O) groups is 2. The van der Waals surface area contributed by atoms with E-state index >= 15 is 0 Å². The van der Waals surface area contributed by atoms with E-state index in [1.54, 1.807) is 11.1 Å². The quantitative estimate of drug-likeness (QED) is 0.846. The molecule has 0 spiro atoms. The lowest BCUT2D eigenvalue weighted by Crippen LogP contribution is -2.48. The van der Waals surface area contributed by atoms with Gasteiger partial charge in [0.25, 0.3) is 0 Å². The number of amides is 1. The van der Waals surface area contributed by atoms with Gasteiger partial charge in [-0.1, -0.05) is 13.0 Å². The Morgan fingerprint density at radius 3 is 2.80 bits per heavy atom. The molecule has 4 heteroatoms. The lowest BCUT2D eigenvalue weighted by atomic mass is 9.96. The molecule has 1 aromatic heterocycles. The Hall–Kier alpha value is -1.71.